The molecule has 1 aliphatic heterocycles. The van der Waals surface area contributed by atoms with Gasteiger partial charge in [0.15, 0.2) is 5.65 Å². The molecule has 0 spiro atoms. The average molecular weight is 522 g/mol. The van der Waals surface area contributed by atoms with E-state index >= 15 is 0 Å². The number of amides is 1. The minimum atomic E-state index is -0.511. The second-order valence-electron chi connectivity index (χ2n) is 9.73. The van der Waals surface area contributed by atoms with Crippen LogP contribution >= 0.6 is 15.9 Å². The number of likely N-dealkylation sites (tertiary alicyclic amines) is 1. The van der Waals surface area contributed by atoms with Crippen LogP contribution in [0.2, 0.25) is 0 Å². The molecule has 1 amide bonds. The van der Waals surface area contributed by atoms with Gasteiger partial charge in [0.05, 0.1) is 27.6 Å². The average Bonchev–Trinajstić information content (AvgIpc) is 3.45. The number of para-hydroxylation sites is 1. The van der Waals surface area contributed by atoms with Gasteiger partial charge in [-0.15, -0.1) is 0 Å². The van der Waals surface area contributed by atoms with Gasteiger partial charge in [0.25, 0.3) is 0 Å². The van der Waals surface area contributed by atoms with Gasteiger partial charge in [-0.3, -0.25) is 4.98 Å². The summed E-state index contributed by atoms with van der Waals surface area (Å²) in [5.41, 5.74) is 5.22. The minimum absolute atomic E-state index is 0.120. The maximum atomic E-state index is 12.6. The Balaban J connectivity index is 1.54. The van der Waals surface area contributed by atoms with Crippen molar-refractivity contribution < 1.29 is 9.53 Å². The Kier molecular flexibility index (Phi) is 5.80. The van der Waals surface area contributed by atoms with Gasteiger partial charge in [-0.05, 0) is 61.7 Å². The zero-order valence-electron chi connectivity index (χ0n) is 19.9. The Hall–Kier alpha value is -3.00. The molecule has 34 heavy (non-hydrogen) atoms. The lowest BCUT2D eigenvalue weighted by atomic mass is 10.0. The Bertz CT molecular complexity index is 1390. The first kappa shape index (κ1) is 22.8. The summed E-state index contributed by atoms with van der Waals surface area (Å²) in [4.78, 5) is 24.1. The number of nitrogens with zero attached hydrogens (tertiary/aromatic N) is 5. The molecule has 7 nitrogen and oxygen atoms in total. The van der Waals surface area contributed by atoms with Gasteiger partial charge >= 0.3 is 6.09 Å². The van der Waals surface area contributed by atoms with Crippen LogP contribution in [0.4, 0.5) is 4.79 Å². The second-order valence-corrected chi connectivity index (χ2v) is 10.5. The normalized spacial score (nSPS) is 16.5. The van der Waals surface area contributed by atoms with Gasteiger partial charge in [0.2, 0.25) is 0 Å². The Morgan fingerprint density at radius 3 is 2.79 bits per heavy atom. The molecule has 1 fully saturated rings. The van der Waals surface area contributed by atoms with Crippen LogP contribution in [0, 0.1) is 0 Å². The van der Waals surface area contributed by atoms with E-state index in [1.807, 2.05) is 55.9 Å². The molecule has 8 heteroatoms. The van der Waals surface area contributed by atoms with E-state index in [4.69, 9.17) is 9.72 Å². The summed E-state index contributed by atoms with van der Waals surface area (Å²) in [6.07, 6.45) is 5.12. The molecule has 0 saturated carbocycles. The molecule has 1 atom stereocenters. The Morgan fingerprint density at radius 1 is 1.24 bits per heavy atom. The summed E-state index contributed by atoms with van der Waals surface area (Å²) in [5, 5.41) is 5.75. The molecular weight excluding hydrogens is 494 g/mol. The summed E-state index contributed by atoms with van der Waals surface area (Å²) < 4.78 is 8.46. The predicted molar refractivity (Wildman–Crippen MR) is 136 cm³/mol. The van der Waals surface area contributed by atoms with Crippen LogP contribution in [-0.2, 0) is 11.2 Å². The van der Waals surface area contributed by atoms with E-state index in [9.17, 15) is 4.79 Å². The molecule has 0 radical (unpaired) electrons. The van der Waals surface area contributed by atoms with Gasteiger partial charge in [-0.25, -0.2) is 14.3 Å². The third-order valence-electron chi connectivity index (χ3n) is 6.17. The predicted octanol–water partition coefficient (Wildman–Crippen LogP) is 5.99. The first-order valence-corrected chi connectivity index (χ1v) is 12.4. The van der Waals surface area contributed by atoms with Crippen molar-refractivity contribution in [2.24, 2.45) is 0 Å². The number of rotatable bonds is 3. The molecule has 0 N–H and O–H groups in total. The lowest BCUT2D eigenvalue weighted by Crippen LogP contribution is -2.35. The fourth-order valence-electron chi connectivity index (χ4n) is 4.52. The number of ether oxygens (including phenoxy) is 1. The summed E-state index contributed by atoms with van der Waals surface area (Å²) in [7, 11) is 0. The van der Waals surface area contributed by atoms with E-state index in [0.717, 1.165) is 56.4 Å². The monoisotopic (exact) mass is 521 g/mol. The maximum absolute atomic E-state index is 12.6. The number of hydrogen-bond acceptors (Lipinski definition) is 5. The standard InChI is InChI=1S/C26H28BrN5O2/c1-5-21-22(27)23(17-10-11-31(15-17)25(33)34-26(2,3)4)30-24-19(14-29-32(21)24)18-12-16-8-6-7-9-20(16)28-13-18/h6-9,12-14,17H,5,10-11,15H2,1-4H3. The van der Waals surface area contributed by atoms with Crippen molar-refractivity contribution in [2.75, 3.05) is 13.1 Å². The molecule has 1 unspecified atom stereocenters. The van der Waals surface area contributed by atoms with Crippen LogP contribution in [0.3, 0.4) is 0 Å². The fourth-order valence-corrected chi connectivity index (χ4v) is 5.39. The van der Waals surface area contributed by atoms with E-state index < -0.39 is 5.60 Å². The zero-order valence-corrected chi connectivity index (χ0v) is 21.5. The van der Waals surface area contributed by atoms with Crippen molar-refractivity contribution >= 4 is 38.6 Å². The summed E-state index contributed by atoms with van der Waals surface area (Å²) >= 11 is 3.81. The number of carbonyl (C=O) groups excluding carboxylic acids is 1. The van der Waals surface area contributed by atoms with Crippen molar-refractivity contribution in [3.05, 3.63) is 58.6 Å². The molecule has 1 aromatic carbocycles. The van der Waals surface area contributed by atoms with E-state index in [1.54, 1.807) is 4.90 Å². The van der Waals surface area contributed by atoms with Crippen molar-refractivity contribution in [3.63, 3.8) is 0 Å². The minimum Gasteiger partial charge on any atom is -0.444 e. The number of aryl methyl sites for hydroxylation is 1. The van der Waals surface area contributed by atoms with Gasteiger partial charge in [0, 0.05) is 41.7 Å². The van der Waals surface area contributed by atoms with Crippen LogP contribution in [-0.4, -0.2) is 49.3 Å². The summed E-state index contributed by atoms with van der Waals surface area (Å²) in [5.74, 6) is 0.120. The molecule has 1 saturated heterocycles. The number of hydrogen-bond donors (Lipinski definition) is 0. The van der Waals surface area contributed by atoms with E-state index in [1.165, 1.54) is 0 Å². The van der Waals surface area contributed by atoms with E-state index in [2.05, 4.69) is 45.1 Å². The Labute approximate surface area is 207 Å². The zero-order chi connectivity index (χ0) is 24.0. The fraction of sp³-hybridized carbons (Fsp3) is 0.385. The number of aromatic nitrogens is 4. The van der Waals surface area contributed by atoms with Crippen molar-refractivity contribution in [3.8, 4) is 11.1 Å². The lowest BCUT2D eigenvalue weighted by molar-refractivity contribution is 0.0292. The van der Waals surface area contributed by atoms with Crippen LogP contribution in [0.1, 0.15) is 51.4 Å². The molecule has 4 aromatic rings. The lowest BCUT2D eigenvalue weighted by Gasteiger charge is -2.24. The largest absolute Gasteiger partial charge is 0.444 e. The second kappa shape index (κ2) is 8.65. The van der Waals surface area contributed by atoms with Crippen molar-refractivity contribution in [1.82, 2.24) is 24.5 Å². The topological polar surface area (TPSA) is 72.6 Å². The van der Waals surface area contributed by atoms with E-state index in [-0.39, 0.29) is 12.0 Å². The number of carbonyl (C=O) groups is 1. The quantitative estimate of drug-likeness (QED) is 0.330. The van der Waals surface area contributed by atoms with Crippen molar-refractivity contribution in [1.29, 1.82) is 0 Å². The number of halogens is 1. The highest BCUT2D eigenvalue weighted by molar-refractivity contribution is 9.10. The molecule has 3 aromatic heterocycles. The first-order valence-electron chi connectivity index (χ1n) is 11.6. The molecule has 4 heterocycles. The van der Waals surface area contributed by atoms with Gasteiger partial charge < -0.3 is 9.64 Å². The van der Waals surface area contributed by atoms with Gasteiger partial charge in [0.1, 0.15) is 5.60 Å². The Morgan fingerprint density at radius 2 is 2.03 bits per heavy atom. The number of benzene rings is 1. The van der Waals surface area contributed by atoms with Crippen LogP contribution in [0.25, 0.3) is 27.7 Å². The van der Waals surface area contributed by atoms with Crippen LogP contribution in [0.15, 0.2) is 47.2 Å². The number of fused-ring (bicyclic) bond motifs is 2. The molecule has 1 aliphatic rings. The highest BCUT2D eigenvalue weighted by Crippen LogP contribution is 2.36. The van der Waals surface area contributed by atoms with Gasteiger partial charge in [-0.1, -0.05) is 25.1 Å². The third kappa shape index (κ3) is 4.15. The van der Waals surface area contributed by atoms with Crippen LogP contribution < -0.4 is 0 Å². The molecule has 176 valence electrons. The van der Waals surface area contributed by atoms with Crippen LogP contribution in [0.5, 0.6) is 0 Å². The summed E-state index contributed by atoms with van der Waals surface area (Å²) in [6, 6.07) is 10.2. The number of pyridine rings is 1. The molecular formula is C26H28BrN5O2. The smallest absolute Gasteiger partial charge is 0.410 e. The molecule has 5 rings (SSSR count). The molecule has 0 aliphatic carbocycles. The molecule has 0 bridgehead atoms. The SMILES string of the molecule is CCc1c(Br)c(C2CCN(C(=O)OC(C)(C)C)C2)nc2c(-c3cnc4ccccc4c3)cnn12. The van der Waals surface area contributed by atoms with E-state index in [0.29, 0.717) is 13.1 Å². The first-order chi connectivity index (χ1) is 16.2. The van der Waals surface area contributed by atoms with Gasteiger partial charge in [-0.2, -0.15) is 5.10 Å². The third-order valence-corrected chi connectivity index (χ3v) is 7.03. The van der Waals surface area contributed by atoms with Crippen molar-refractivity contribution in [2.45, 2.75) is 52.1 Å². The highest BCUT2D eigenvalue weighted by Gasteiger charge is 2.33. The summed E-state index contributed by atoms with van der Waals surface area (Å²) in [6.45, 7) is 9.02. The highest BCUT2D eigenvalue weighted by atomic mass is 79.9. The maximum Gasteiger partial charge on any atom is 0.410 e.